The van der Waals surface area contributed by atoms with Gasteiger partial charge in [-0.3, -0.25) is 0 Å². The second-order valence-corrected chi connectivity index (χ2v) is 7.60. The third kappa shape index (κ3) is 3.50. The minimum atomic E-state index is 0.380. The summed E-state index contributed by atoms with van der Waals surface area (Å²) in [5.74, 6) is 1.44. The second kappa shape index (κ2) is 7.13. The van der Waals surface area contributed by atoms with E-state index in [1.807, 2.05) is 12.1 Å². The van der Waals surface area contributed by atoms with Crippen molar-refractivity contribution in [2.24, 2.45) is 0 Å². The van der Waals surface area contributed by atoms with E-state index in [2.05, 4.69) is 16.0 Å². The molecule has 0 saturated carbocycles. The number of benzene rings is 1. The van der Waals surface area contributed by atoms with Crippen LogP contribution in [-0.4, -0.2) is 24.2 Å². The molecule has 0 aliphatic carbocycles. The number of methoxy groups -OCH3 is 2. The van der Waals surface area contributed by atoms with Gasteiger partial charge in [0.25, 0.3) is 11.8 Å². The summed E-state index contributed by atoms with van der Waals surface area (Å²) in [6.07, 6.45) is 1.69. The highest BCUT2D eigenvalue weighted by Crippen LogP contribution is 2.40. The van der Waals surface area contributed by atoms with Gasteiger partial charge in [-0.1, -0.05) is 29.3 Å². The maximum atomic E-state index is 6.16. The predicted molar refractivity (Wildman–Crippen MR) is 96.5 cm³/mol. The first kappa shape index (κ1) is 16.6. The van der Waals surface area contributed by atoms with Crippen molar-refractivity contribution >= 4 is 56.4 Å². The summed E-state index contributed by atoms with van der Waals surface area (Å²) < 4.78 is 11.9. The third-order valence-corrected chi connectivity index (χ3v) is 6.08. The SMILES string of the molecule is COc1ncc(CSc2ccc3c(Cl)c(Cl)sc3c2)nc1OC. The smallest absolute Gasteiger partial charge is 0.278 e. The number of aromatic nitrogens is 2. The zero-order valence-electron chi connectivity index (χ0n) is 12.3. The molecule has 2 aromatic heterocycles. The number of ether oxygens (including phenoxy) is 2. The number of thioether (sulfide) groups is 1. The summed E-state index contributed by atoms with van der Waals surface area (Å²) >= 11 is 15.4. The fourth-order valence-electron chi connectivity index (χ4n) is 2.00. The second-order valence-electron chi connectivity index (χ2n) is 4.52. The molecule has 0 unspecified atom stereocenters. The molecule has 0 radical (unpaired) electrons. The fourth-order valence-corrected chi connectivity index (χ4v) is 4.44. The topological polar surface area (TPSA) is 44.2 Å². The Bertz CT molecular complexity index is 855. The third-order valence-electron chi connectivity index (χ3n) is 3.09. The number of hydrogen-bond donors (Lipinski definition) is 0. The average molecular weight is 387 g/mol. The van der Waals surface area contributed by atoms with Crippen molar-refractivity contribution in [3.63, 3.8) is 0 Å². The molecule has 0 aliphatic rings. The summed E-state index contributed by atoms with van der Waals surface area (Å²) in [5.41, 5.74) is 0.815. The number of nitrogens with zero attached hydrogens (tertiary/aromatic N) is 2. The van der Waals surface area contributed by atoms with E-state index in [4.69, 9.17) is 32.7 Å². The first-order valence-electron chi connectivity index (χ1n) is 6.56. The minimum absolute atomic E-state index is 0.380. The number of rotatable bonds is 5. The lowest BCUT2D eigenvalue weighted by molar-refractivity contribution is 0.330. The first-order chi connectivity index (χ1) is 11.1. The lowest BCUT2D eigenvalue weighted by Gasteiger charge is -2.07. The molecular formula is C15H12Cl2N2O2S2. The molecule has 3 aromatic rings. The average Bonchev–Trinajstić information content (AvgIpc) is 2.86. The van der Waals surface area contributed by atoms with Gasteiger partial charge in [-0.2, -0.15) is 0 Å². The van der Waals surface area contributed by atoms with Gasteiger partial charge in [0, 0.05) is 20.7 Å². The van der Waals surface area contributed by atoms with E-state index in [9.17, 15) is 0 Å². The molecule has 0 fully saturated rings. The fraction of sp³-hybridized carbons (Fsp3) is 0.200. The highest BCUT2D eigenvalue weighted by atomic mass is 35.5. The van der Waals surface area contributed by atoms with Crippen molar-refractivity contribution in [2.75, 3.05) is 14.2 Å². The number of hydrogen-bond acceptors (Lipinski definition) is 6. The zero-order chi connectivity index (χ0) is 16.4. The molecule has 0 amide bonds. The Balaban J connectivity index is 1.78. The van der Waals surface area contributed by atoms with Crippen LogP contribution in [0.1, 0.15) is 5.69 Å². The number of halogens is 2. The van der Waals surface area contributed by atoms with Crippen LogP contribution in [0, 0.1) is 0 Å². The van der Waals surface area contributed by atoms with E-state index >= 15 is 0 Å². The van der Waals surface area contributed by atoms with Crippen molar-refractivity contribution < 1.29 is 9.47 Å². The largest absolute Gasteiger partial charge is 0.477 e. The van der Waals surface area contributed by atoms with Crippen LogP contribution in [0.15, 0.2) is 29.3 Å². The summed E-state index contributed by atoms with van der Waals surface area (Å²) in [7, 11) is 3.08. The van der Waals surface area contributed by atoms with Crippen LogP contribution in [0.25, 0.3) is 10.1 Å². The Morgan fingerprint density at radius 2 is 1.96 bits per heavy atom. The molecule has 0 saturated heterocycles. The molecule has 1 aromatic carbocycles. The van der Waals surface area contributed by atoms with Crippen molar-refractivity contribution in [3.05, 3.63) is 39.4 Å². The summed E-state index contributed by atoms with van der Waals surface area (Å²) in [5, 5.41) is 1.60. The summed E-state index contributed by atoms with van der Waals surface area (Å²) in [6.45, 7) is 0. The maximum absolute atomic E-state index is 6.16. The Morgan fingerprint density at radius 1 is 1.17 bits per heavy atom. The molecule has 0 atom stereocenters. The zero-order valence-corrected chi connectivity index (χ0v) is 15.4. The van der Waals surface area contributed by atoms with E-state index in [-0.39, 0.29) is 0 Å². The van der Waals surface area contributed by atoms with E-state index in [1.54, 1.807) is 25.1 Å². The van der Waals surface area contributed by atoms with Crippen LogP contribution in [-0.2, 0) is 5.75 Å². The normalized spacial score (nSPS) is 11.0. The molecule has 4 nitrogen and oxygen atoms in total. The van der Waals surface area contributed by atoms with Gasteiger partial charge in [-0.05, 0) is 12.1 Å². The maximum Gasteiger partial charge on any atom is 0.278 e. The summed E-state index contributed by atoms with van der Waals surface area (Å²) in [6, 6.07) is 6.09. The molecule has 0 N–H and O–H groups in total. The van der Waals surface area contributed by atoms with Crippen LogP contribution >= 0.6 is 46.3 Å². The molecule has 3 rings (SSSR count). The molecule has 2 heterocycles. The van der Waals surface area contributed by atoms with E-state index in [0.29, 0.717) is 26.9 Å². The van der Waals surface area contributed by atoms with Gasteiger partial charge in [0.1, 0.15) is 4.34 Å². The molecule has 120 valence electrons. The van der Waals surface area contributed by atoms with Crippen LogP contribution in [0.4, 0.5) is 0 Å². The van der Waals surface area contributed by atoms with Crippen LogP contribution in [0.3, 0.4) is 0 Å². The van der Waals surface area contributed by atoms with Crippen LogP contribution in [0.2, 0.25) is 9.36 Å². The van der Waals surface area contributed by atoms with Gasteiger partial charge in [-0.25, -0.2) is 9.97 Å². The molecule has 0 spiro atoms. The minimum Gasteiger partial charge on any atom is -0.477 e. The molecule has 23 heavy (non-hydrogen) atoms. The van der Waals surface area contributed by atoms with Gasteiger partial charge in [0.2, 0.25) is 0 Å². The Morgan fingerprint density at radius 3 is 2.70 bits per heavy atom. The van der Waals surface area contributed by atoms with Crippen LogP contribution in [0.5, 0.6) is 11.8 Å². The summed E-state index contributed by atoms with van der Waals surface area (Å²) in [4.78, 5) is 9.69. The highest BCUT2D eigenvalue weighted by Gasteiger charge is 2.11. The van der Waals surface area contributed by atoms with Crippen LogP contribution < -0.4 is 9.47 Å². The Kier molecular flexibility index (Phi) is 5.16. The Hall–Kier alpha value is -1.21. The standard InChI is InChI=1S/C15H12Cl2N2O2S2/c1-20-14-15(21-2)19-8(6-18-14)7-22-9-3-4-10-11(5-9)23-13(17)12(10)16/h3-6H,7H2,1-2H3. The van der Waals surface area contributed by atoms with Gasteiger partial charge in [0.05, 0.1) is 31.1 Å². The van der Waals surface area contributed by atoms with E-state index in [1.165, 1.54) is 18.4 Å². The van der Waals surface area contributed by atoms with Crippen molar-refractivity contribution in [1.29, 1.82) is 0 Å². The lowest BCUT2D eigenvalue weighted by Crippen LogP contribution is -1.99. The van der Waals surface area contributed by atoms with Crippen molar-refractivity contribution in [3.8, 4) is 11.8 Å². The monoisotopic (exact) mass is 386 g/mol. The van der Waals surface area contributed by atoms with Gasteiger partial charge in [0.15, 0.2) is 0 Å². The number of fused-ring (bicyclic) bond motifs is 1. The van der Waals surface area contributed by atoms with Gasteiger partial charge < -0.3 is 9.47 Å². The molecule has 0 bridgehead atoms. The Labute approximate surface area is 151 Å². The first-order valence-corrected chi connectivity index (χ1v) is 9.12. The van der Waals surface area contributed by atoms with Crippen molar-refractivity contribution in [2.45, 2.75) is 10.6 Å². The molecule has 0 aliphatic heterocycles. The van der Waals surface area contributed by atoms with E-state index < -0.39 is 0 Å². The van der Waals surface area contributed by atoms with E-state index in [0.717, 1.165) is 20.7 Å². The van der Waals surface area contributed by atoms with Gasteiger partial charge >= 0.3 is 0 Å². The lowest BCUT2D eigenvalue weighted by atomic mass is 10.3. The molecule has 8 heteroatoms. The van der Waals surface area contributed by atoms with Gasteiger partial charge in [-0.15, -0.1) is 23.1 Å². The quantitative estimate of drug-likeness (QED) is 0.556. The number of thiophene rings is 1. The predicted octanol–water partition coefficient (Wildman–Crippen LogP) is 5.31. The highest BCUT2D eigenvalue weighted by molar-refractivity contribution is 7.98. The molecular weight excluding hydrogens is 375 g/mol. The van der Waals surface area contributed by atoms with Crippen molar-refractivity contribution in [1.82, 2.24) is 9.97 Å².